The van der Waals surface area contributed by atoms with Crippen LogP contribution in [0.3, 0.4) is 0 Å². The van der Waals surface area contributed by atoms with E-state index >= 15 is 0 Å². The standard InChI is InChI=1S/C23H19NO/c1-14-15(2)24-20-13-16(11-12-17(14)20)23-18-7-3-5-9-21(18)25-22-10-6-4-8-19(22)23/h3-13,23-24H,1-2H3. The molecule has 0 saturated heterocycles. The second kappa shape index (κ2) is 5.25. The number of hydrogen-bond acceptors (Lipinski definition) is 1. The molecule has 122 valence electrons. The Balaban J connectivity index is 1.76. The quantitative estimate of drug-likeness (QED) is 0.397. The Labute approximate surface area is 147 Å². The largest absolute Gasteiger partial charge is 0.457 e. The minimum Gasteiger partial charge on any atom is -0.457 e. The number of aromatic nitrogens is 1. The molecule has 0 saturated carbocycles. The van der Waals surface area contributed by atoms with Crippen molar-refractivity contribution in [1.29, 1.82) is 0 Å². The van der Waals surface area contributed by atoms with E-state index in [0.29, 0.717) is 0 Å². The van der Waals surface area contributed by atoms with Crippen LogP contribution in [0.4, 0.5) is 0 Å². The Hall–Kier alpha value is -3.00. The van der Waals surface area contributed by atoms with Crippen LogP contribution in [-0.4, -0.2) is 4.98 Å². The van der Waals surface area contributed by atoms with Crippen molar-refractivity contribution in [2.75, 3.05) is 0 Å². The van der Waals surface area contributed by atoms with Crippen LogP contribution in [0.2, 0.25) is 0 Å². The smallest absolute Gasteiger partial charge is 0.131 e. The Morgan fingerprint density at radius 2 is 1.44 bits per heavy atom. The summed E-state index contributed by atoms with van der Waals surface area (Å²) < 4.78 is 6.13. The zero-order valence-corrected chi connectivity index (χ0v) is 14.3. The van der Waals surface area contributed by atoms with Crippen LogP contribution in [0, 0.1) is 13.8 Å². The maximum Gasteiger partial charge on any atom is 0.131 e. The highest BCUT2D eigenvalue weighted by atomic mass is 16.5. The molecule has 1 N–H and O–H groups in total. The summed E-state index contributed by atoms with van der Waals surface area (Å²) in [5, 5.41) is 1.30. The Morgan fingerprint density at radius 3 is 2.12 bits per heavy atom. The summed E-state index contributed by atoms with van der Waals surface area (Å²) in [6.45, 7) is 4.31. The molecule has 2 heteroatoms. The first-order chi connectivity index (χ1) is 12.2. The van der Waals surface area contributed by atoms with Crippen molar-refractivity contribution in [3.05, 3.63) is 94.7 Å². The Morgan fingerprint density at radius 1 is 0.800 bits per heavy atom. The van der Waals surface area contributed by atoms with Gasteiger partial charge in [0.25, 0.3) is 0 Å². The van der Waals surface area contributed by atoms with E-state index in [-0.39, 0.29) is 5.92 Å². The average molecular weight is 325 g/mol. The molecule has 0 radical (unpaired) electrons. The maximum absolute atomic E-state index is 6.13. The molecule has 1 aromatic heterocycles. The number of aryl methyl sites for hydroxylation is 2. The van der Waals surface area contributed by atoms with E-state index in [2.05, 4.69) is 73.4 Å². The van der Waals surface area contributed by atoms with Gasteiger partial charge in [0, 0.05) is 33.6 Å². The van der Waals surface area contributed by atoms with Crippen molar-refractivity contribution in [2.24, 2.45) is 0 Å². The van der Waals surface area contributed by atoms with Crippen molar-refractivity contribution in [1.82, 2.24) is 4.98 Å². The first kappa shape index (κ1) is 14.4. The normalized spacial score (nSPS) is 13.4. The predicted octanol–water partition coefficient (Wildman–Crippen LogP) is 6.07. The topological polar surface area (TPSA) is 25.0 Å². The summed E-state index contributed by atoms with van der Waals surface area (Å²) in [5.41, 5.74) is 7.50. The fourth-order valence-electron chi connectivity index (χ4n) is 3.94. The van der Waals surface area contributed by atoms with E-state index in [1.165, 1.54) is 38.9 Å². The van der Waals surface area contributed by atoms with Gasteiger partial charge in [0.05, 0.1) is 0 Å². The Bertz CT molecular complexity index is 1060. The number of para-hydroxylation sites is 2. The number of ether oxygens (including phenoxy) is 1. The molecule has 3 aromatic carbocycles. The molecule has 1 aliphatic rings. The van der Waals surface area contributed by atoms with Gasteiger partial charge in [-0.15, -0.1) is 0 Å². The van der Waals surface area contributed by atoms with Crippen molar-refractivity contribution in [3.63, 3.8) is 0 Å². The van der Waals surface area contributed by atoms with Gasteiger partial charge < -0.3 is 9.72 Å². The van der Waals surface area contributed by atoms with Gasteiger partial charge in [-0.05, 0) is 43.2 Å². The minimum atomic E-state index is 0.189. The van der Waals surface area contributed by atoms with Gasteiger partial charge in [0.1, 0.15) is 11.5 Å². The van der Waals surface area contributed by atoms with Crippen LogP contribution in [0.5, 0.6) is 11.5 Å². The maximum atomic E-state index is 6.13. The third kappa shape index (κ3) is 2.11. The third-order valence-electron chi connectivity index (χ3n) is 5.35. The first-order valence-corrected chi connectivity index (χ1v) is 8.67. The number of fused-ring (bicyclic) bond motifs is 3. The van der Waals surface area contributed by atoms with Crippen LogP contribution in [0.15, 0.2) is 66.7 Å². The van der Waals surface area contributed by atoms with Gasteiger partial charge in [-0.3, -0.25) is 0 Å². The molecule has 0 aliphatic carbocycles. The van der Waals surface area contributed by atoms with Crippen LogP contribution >= 0.6 is 0 Å². The predicted molar refractivity (Wildman–Crippen MR) is 102 cm³/mol. The lowest BCUT2D eigenvalue weighted by Crippen LogP contribution is -2.11. The van der Waals surface area contributed by atoms with Crippen LogP contribution < -0.4 is 4.74 Å². The van der Waals surface area contributed by atoms with Crippen LogP contribution in [0.25, 0.3) is 10.9 Å². The summed E-state index contributed by atoms with van der Waals surface area (Å²) in [7, 11) is 0. The van der Waals surface area contributed by atoms with Crippen LogP contribution in [0.1, 0.15) is 33.9 Å². The van der Waals surface area contributed by atoms with E-state index < -0.39 is 0 Å². The van der Waals surface area contributed by atoms with Gasteiger partial charge in [-0.2, -0.15) is 0 Å². The van der Waals surface area contributed by atoms with Gasteiger partial charge >= 0.3 is 0 Å². The summed E-state index contributed by atoms with van der Waals surface area (Å²) in [4.78, 5) is 3.52. The molecule has 0 unspecified atom stereocenters. The Kier molecular flexibility index (Phi) is 3.01. The molecular weight excluding hydrogens is 306 g/mol. The van der Waals surface area contributed by atoms with E-state index in [0.717, 1.165) is 11.5 Å². The fraction of sp³-hybridized carbons (Fsp3) is 0.130. The average Bonchev–Trinajstić information content (AvgIpc) is 2.93. The monoisotopic (exact) mass is 325 g/mol. The molecule has 25 heavy (non-hydrogen) atoms. The van der Waals surface area contributed by atoms with Gasteiger partial charge in [0.15, 0.2) is 0 Å². The van der Waals surface area contributed by atoms with Crippen molar-refractivity contribution < 1.29 is 4.74 Å². The summed E-state index contributed by atoms with van der Waals surface area (Å²) >= 11 is 0. The lowest BCUT2D eigenvalue weighted by molar-refractivity contribution is 0.453. The molecule has 0 amide bonds. The summed E-state index contributed by atoms with van der Waals surface area (Å²) in [5.74, 6) is 2.09. The number of rotatable bonds is 1. The van der Waals surface area contributed by atoms with E-state index in [1.807, 2.05) is 12.1 Å². The summed E-state index contributed by atoms with van der Waals surface area (Å²) in [6, 6.07) is 23.5. The number of nitrogens with one attached hydrogen (secondary N) is 1. The highest BCUT2D eigenvalue weighted by Crippen LogP contribution is 2.47. The number of H-pyrrole nitrogens is 1. The highest BCUT2D eigenvalue weighted by Gasteiger charge is 2.28. The third-order valence-corrected chi connectivity index (χ3v) is 5.35. The van der Waals surface area contributed by atoms with E-state index in [1.54, 1.807) is 0 Å². The lowest BCUT2D eigenvalue weighted by Gasteiger charge is -2.28. The van der Waals surface area contributed by atoms with Gasteiger partial charge in [-0.25, -0.2) is 0 Å². The molecule has 2 heterocycles. The van der Waals surface area contributed by atoms with Gasteiger partial charge in [-0.1, -0.05) is 48.5 Å². The van der Waals surface area contributed by atoms with Crippen molar-refractivity contribution in [3.8, 4) is 11.5 Å². The number of aromatic amines is 1. The first-order valence-electron chi connectivity index (χ1n) is 8.67. The molecule has 1 aliphatic heterocycles. The zero-order chi connectivity index (χ0) is 17.0. The number of hydrogen-bond donors (Lipinski definition) is 1. The molecule has 4 aromatic rings. The summed E-state index contributed by atoms with van der Waals surface area (Å²) in [6.07, 6.45) is 0. The van der Waals surface area contributed by atoms with E-state index in [4.69, 9.17) is 4.74 Å². The van der Waals surface area contributed by atoms with Crippen molar-refractivity contribution >= 4 is 10.9 Å². The van der Waals surface area contributed by atoms with Crippen molar-refractivity contribution in [2.45, 2.75) is 19.8 Å². The second-order valence-electron chi connectivity index (χ2n) is 6.79. The van der Waals surface area contributed by atoms with Gasteiger partial charge in [0.2, 0.25) is 0 Å². The molecule has 0 bridgehead atoms. The zero-order valence-electron chi connectivity index (χ0n) is 14.3. The SMILES string of the molecule is Cc1[nH]c2cc(C3c4ccccc4Oc4ccccc43)ccc2c1C. The lowest BCUT2D eigenvalue weighted by atomic mass is 9.82. The molecule has 2 nitrogen and oxygen atoms in total. The fourth-order valence-corrected chi connectivity index (χ4v) is 3.94. The molecule has 0 atom stereocenters. The highest BCUT2D eigenvalue weighted by molar-refractivity contribution is 5.85. The molecule has 0 fully saturated rings. The van der Waals surface area contributed by atoms with E-state index in [9.17, 15) is 0 Å². The molecule has 0 spiro atoms. The molecular formula is C23H19NO. The van der Waals surface area contributed by atoms with Crippen LogP contribution in [-0.2, 0) is 0 Å². The number of benzene rings is 3. The second-order valence-corrected chi connectivity index (χ2v) is 6.79. The molecule has 5 rings (SSSR count). The minimum absolute atomic E-state index is 0.189.